The van der Waals surface area contributed by atoms with Gasteiger partial charge in [0.15, 0.2) is 0 Å². The van der Waals surface area contributed by atoms with Crippen LogP contribution in [0.1, 0.15) is 148 Å². The van der Waals surface area contributed by atoms with Crippen LogP contribution in [0.15, 0.2) is 0 Å². The first-order valence-electron chi connectivity index (χ1n) is 15.6. The first-order valence-corrected chi connectivity index (χ1v) is 15.6. The lowest BCUT2D eigenvalue weighted by atomic mass is 9.94. The van der Waals surface area contributed by atoms with E-state index in [1.165, 1.54) is 44.9 Å². The zero-order valence-electron chi connectivity index (χ0n) is 24.8. The summed E-state index contributed by atoms with van der Waals surface area (Å²) in [4.78, 5) is 57.1. The molecule has 0 radical (unpaired) electrons. The number of carboxylic acids is 3. The number of hydrogen-bond donors (Lipinski definition) is 4. The summed E-state index contributed by atoms with van der Waals surface area (Å²) in [6, 6.07) is 0. The number of ketones is 1. The van der Waals surface area contributed by atoms with Gasteiger partial charge >= 0.3 is 17.9 Å². The fourth-order valence-electron chi connectivity index (χ4n) is 4.73. The molecule has 0 aliphatic heterocycles. The van der Waals surface area contributed by atoms with Crippen LogP contribution in [0.4, 0.5) is 0 Å². The minimum Gasteiger partial charge on any atom is -0.481 e. The van der Waals surface area contributed by atoms with E-state index >= 15 is 0 Å². The Morgan fingerprint density at radius 2 is 1.02 bits per heavy atom. The Balaban J connectivity index is 3.69. The number of hydrogen-bond acceptors (Lipinski definition) is 5. The van der Waals surface area contributed by atoms with Crippen molar-refractivity contribution in [2.24, 2.45) is 11.8 Å². The van der Waals surface area contributed by atoms with E-state index in [4.69, 9.17) is 10.2 Å². The van der Waals surface area contributed by atoms with Crippen LogP contribution >= 0.6 is 0 Å². The number of carbonyl (C=O) groups excluding carboxylic acids is 2. The second-order valence-electron chi connectivity index (χ2n) is 11.2. The monoisotopic (exact) mass is 569 g/mol. The van der Waals surface area contributed by atoms with Crippen molar-refractivity contribution in [1.82, 2.24) is 5.32 Å². The highest BCUT2D eigenvalue weighted by Gasteiger charge is 2.22. The van der Waals surface area contributed by atoms with Gasteiger partial charge in [-0.15, -0.1) is 0 Å². The molecular formula is C31H55NO8. The van der Waals surface area contributed by atoms with E-state index in [-0.39, 0.29) is 37.4 Å². The topological polar surface area (TPSA) is 158 Å². The molecule has 9 nitrogen and oxygen atoms in total. The van der Waals surface area contributed by atoms with Gasteiger partial charge in [-0.05, 0) is 32.1 Å². The average Bonchev–Trinajstić information content (AvgIpc) is 2.89. The van der Waals surface area contributed by atoms with E-state index in [1.54, 1.807) is 6.92 Å². The fraction of sp³-hybridized carbons (Fsp3) is 0.839. The first-order chi connectivity index (χ1) is 19.1. The Hall–Kier alpha value is -2.45. The van der Waals surface area contributed by atoms with Gasteiger partial charge in [-0.2, -0.15) is 0 Å². The molecule has 0 unspecified atom stereocenters. The number of carboxylic acid groups (broad SMARTS) is 3. The van der Waals surface area contributed by atoms with Crippen molar-refractivity contribution in [3.8, 4) is 0 Å². The SMILES string of the molecule is C[C@@H](CCCCNC(=O)CC[C@H](CC(=O)CCCCCCCCCCCCCCCCC(=O)O)C(=O)O)C(=O)O. The Kier molecular flexibility index (Phi) is 24.0. The van der Waals surface area contributed by atoms with E-state index in [0.29, 0.717) is 32.2 Å². The van der Waals surface area contributed by atoms with Crippen molar-refractivity contribution in [1.29, 1.82) is 0 Å². The molecule has 4 N–H and O–H groups in total. The first kappa shape index (κ1) is 37.6. The van der Waals surface area contributed by atoms with Gasteiger partial charge in [-0.3, -0.25) is 24.0 Å². The fourth-order valence-corrected chi connectivity index (χ4v) is 4.73. The van der Waals surface area contributed by atoms with Crippen LogP contribution in [0.3, 0.4) is 0 Å². The average molecular weight is 570 g/mol. The lowest BCUT2D eigenvalue weighted by Crippen LogP contribution is -2.26. The summed E-state index contributed by atoms with van der Waals surface area (Å²) in [5, 5.41) is 29.7. The predicted molar refractivity (Wildman–Crippen MR) is 155 cm³/mol. The Bertz CT molecular complexity index is 724. The van der Waals surface area contributed by atoms with Crippen LogP contribution in [-0.4, -0.2) is 51.5 Å². The van der Waals surface area contributed by atoms with Crippen molar-refractivity contribution >= 4 is 29.6 Å². The third kappa shape index (κ3) is 24.6. The smallest absolute Gasteiger partial charge is 0.306 e. The minimum atomic E-state index is -1.04. The second-order valence-corrected chi connectivity index (χ2v) is 11.2. The zero-order chi connectivity index (χ0) is 30.0. The van der Waals surface area contributed by atoms with Gasteiger partial charge < -0.3 is 20.6 Å². The second kappa shape index (κ2) is 25.5. The van der Waals surface area contributed by atoms with Gasteiger partial charge in [0.1, 0.15) is 5.78 Å². The molecule has 232 valence electrons. The van der Waals surface area contributed by atoms with Crippen molar-refractivity contribution < 1.29 is 39.3 Å². The number of Topliss-reactive ketones (excluding diaryl/α,β-unsaturated/α-hetero) is 1. The van der Waals surface area contributed by atoms with Crippen molar-refractivity contribution in [3.05, 3.63) is 0 Å². The summed E-state index contributed by atoms with van der Waals surface area (Å²) in [5.41, 5.74) is 0. The number of nitrogens with one attached hydrogen (secondary N) is 1. The third-order valence-electron chi connectivity index (χ3n) is 7.45. The molecule has 0 aliphatic rings. The molecule has 0 aliphatic carbocycles. The van der Waals surface area contributed by atoms with E-state index < -0.39 is 29.7 Å². The van der Waals surface area contributed by atoms with Crippen molar-refractivity contribution in [2.45, 2.75) is 148 Å². The van der Waals surface area contributed by atoms with Crippen LogP contribution in [0.2, 0.25) is 0 Å². The summed E-state index contributed by atoms with van der Waals surface area (Å²) in [6.45, 7) is 2.08. The maximum Gasteiger partial charge on any atom is 0.306 e. The molecule has 0 fully saturated rings. The summed E-state index contributed by atoms with van der Waals surface area (Å²) < 4.78 is 0. The molecule has 0 heterocycles. The van der Waals surface area contributed by atoms with Gasteiger partial charge in [0.05, 0.1) is 11.8 Å². The van der Waals surface area contributed by atoms with E-state index in [1.807, 2.05) is 0 Å². The van der Waals surface area contributed by atoms with Gasteiger partial charge in [-0.1, -0.05) is 90.4 Å². The molecule has 0 aromatic rings. The molecule has 0 rings (SSSR count). The van der Waals surface area contributed by atoms with Crippen LogP contribution in [0.25, 0.3) is 0 Å². The standard InChI is InChI=1S/C31H55NO8/c1-25(30(37)38)18-16-17-23-32-28(34)22-21-26(31(39)40)24-27(33)19-14-12-10-8-6-4-2-3-5-7-9-11-13-15-20-29(35)36/h25-26H,2-24H2,1H3,(H,32,34)(H,35,36)(H,37,38)(H,39,40)/t25-,26+/m0/s1. The Morgan fingerprint density at radius 1 is 0.550 bits per heavy atom. The van der Waals surface area contributed by atoms with Crippen LogP contribution < -0.4 is 5.32 Å². The highest BCUT2D eigenvalue weighted by molar-refractivity contribution is 5.84. The number of carbonyl (C=O) groups is 5. The van der Waals surface area contributed by atoms with E-state index in [9.17, 15) is 29.1 Å². The summed E-state index contributed by atoms with van der Waals surface area (Å²) >= 11 is 0. The lowest BCUT2D eigenvalue weighted by Gasteiger charge is -2.12. The molecule has 1 amide bonds. The molecule has 0 bridgehead atoms. The number of aliphatic carboxylic acids is 3. The quantitative estimate of drug-likeness (QED) is 0.0719. The van der Waals surface area contributed by atoms with Gasteiger partial charge in [0, 0.05) is 32.2 Å². The summed E-state index contributed by atoms with van der Waals surface area (Å²) in [5.74, 6) is -4.11. The number of amides is 1. The molecule has 40 heavy (non-hydrogen) atoms. The van der Waals surface area contributed by atoms with Crippen LogP contribution in [-0.2, 0) is 24.0 Å². The molecule has 0 saturated carbocycles. The molecule has 0 aromatic heterocycles. The van der Waals surface area contributed by atoms with E-state index in [0.717, 1.165) is 44.9 Å². The van der Waals surface area contributed by atoms with Crippen molar-refractivity contribution in [3.63, 3.8) is 0 Å². The molecule has 0 saturated heterocycles. The molecular weight excluding hydrogens is 514 g/mol. The number of rotatable bonds is 29. The predicted octanol–water partition coefficient (Wildman–Crippen LogP) is 6.76. The zero-order valence-corrected chi connectivity index (χ0v) is 24.8. The van der Waals surface area contributed by atoms with Crippen LogP contribution in [0, 0.1) is 11.8 Å². The lowest BCUT2D eigenvalue weighted by molar-refractivity contribution is -0.144. The minimum absolute atomic E-state index is 0.0297. The van der Waals surface area contributed by atoms with E-state index in [2.05, 4.69) is 5.32 Å². The third-order valence-corrected chi connectivity index (χ3v) is 7.45. The number of unbranched alkanes of at least 4 members (excludes halogenated alkanes) is 14. The van der Waals surface area contributed by atoms with Gasteiger partial charge in [0.2, 0.25) is 5.91 Å². The molecule has 2 atom stereocenters. The maximum absolute atomic E-state index is 12.3. The van der Waals surface area contributed by atoms with Crippen LogP contribution in [0.5, 0.6) is 0 Å². The Morgan fingerprint density at radius 3 is 1.48 bits per heavy atom. The maximum atomic E-state index is 12.3. The molecule has 0 spiro atoms. The highest BCUT2D eigenvalue weighted by Crippen LogP contribution is 2.17. The largest absolute Gasteiger partial charge is 0.481 e. The van der Waals surface area contributed by atoms with Gasteiger partial charge in [-0.25, -0.2) is 0 Å². The van der Waals surface area contributed by atoms with Crippen molar-refractivity contribution in [2.75, 3.05) is 6.54 Å². The molecule has 9 heteroatoms. The normalized spacial score (nSPS) is 12.5. The Labute approximate surface area is 240 Å². The van der Waals surface area contributed by atoms with Gasteiger partial charge in [0.25, 0.3) is 0 Å². The highest BCUT2D eigenvalue weighted by atomic mass is 16.4. The summed E-state index contributed by atoms with van der Waals surface area (Å²) in [6.07, 6.45) is 18.3. The molecule has 0 aromatic carbocycles. The summed E-state index contributed by atoms with van der Waals surface area (Å²) in [7, 11) is 0.